The summed E-state index contributed by atoms with van der Waals surface area (Å²) in [6, 6.07) is 8.77. The van der Waals surface area contributed by atoms with Gasteiger partial charge in [-0.2, -0.15) is 0 Å². The monoisotopic (exact) mass is 431 g/mol. The Morgan fingerprint density at radius 3 is 2.90 bits per heavy atom. The van der Waals surface area contributed by atoms with Crippen LogP contribution < -0.4 is 15.4 Å². The van der Waals surface area contributed by atoms with Crippen LogP contribution in [-0.2, 0) is 11.3 Å². The molecule has 7 nitrogen and oxygen atoms in total. The lowest BCUT2D eigenvalue weighted by Gasteiger charge is -2.39. The molecule has 0 aliphatic carbocycles. The number of pyridine rings is 1. The van der Waals surface area contributed by atoms with Gasteiger partial charge in [-0.05, 0) is 49.4 Å². The van der Waals surface area contributed by atoms with E-state index in [2.05, 4.69) is 50.1 Å². The summed E-state index contributed by atoms with van der Waals surface area (Å²) in [5, 5.41) is 9.08. The van der Waals surface area contributed by atoms with E-state index in [4.69, 9.17) is 9.47 Å². The van der Waals surface area contributed by atoms with Crippen molar-refractivity contribution in [1.29, 1.82) is 0 Å². The van der Waals surface area contributed by atoms with E-state index in [1.807, 2.05) is 36.7 Å². The van der Waals surface area contributed by atoms with E-state index < -0.39 is 0 Å². The molecule has 2 unspecified atom stereocenters. The lowest BCUT2D eigenvalue weighted by Crippen LogP contribution is -2.44. The molecule has 0 amide bonds. The predicted octanol–water partition coefficient (Wildman–Crippen LogP) is 2.92. The fraction of sp³-hybridized carbons (Fsp3) is 0.545. The van der Waals surface area contributed by atoms with Crippen molar-refractivity contribution >= 4 is 17.3 Å². The molecule has 0 spiro atoms. The summed E-state index contributed by atoms with van der Waals surface area (Å²) >= 11 is 1.85. The second kappa shape index (κ2) is 11.9. The van der Waals surface area contributed by atoms with E-state index >= 15 is 0 Å². The van der Waals surface area contributed by atoms with Crippen LogP contribution in [0.1, 0.15) is 29.3 Å². The average Bonchev–Trinajstić information content (AvgIpc) is 3.29. The quantitative estimate of drug-likeness (QED) is 0.361. The van der Waals surface area contributed by atoms with Crippen LogP contribution in [0.5, 0.6) is 5.88 Å². The number of rotatable bonds is 9. The highest BCUT2D eigenvalue weighted by Crippen LogP contribution is 2.36. The maximum atomic E-state index is 5.51. The normalized spacial score (nSPS) is 20.2. The number of methoxy groups -OCH3 is 1. The Balaban J connectivity index is 1.48. The molecular weight excluding hydrogens is 398 g/mol. The molecule has 3 heterocycles. The van der Waals surface area contributed by atoms with E-state index in [1.165, 1.54) is 17.7 Å². The molecule has 3 rings (SSSR count). The van der Waals surface area contributed by atoms with Crippen molar-refractivity contribution in [3.63, 3.8) is 0 Å². The van der Waals surface area contributed by atoms with Crippen LogP contribution in [0.4, 0.5) is 0 Å². The zero-order chi connectivity index (χ0) is 21.2. The third kappa shape index (κ3) is 6.42. The summed E-state index contributed by atoms with van der Waals surface area (Å²) in [5.41, 5.74) is 1.07. The summed E-state index contributed by atoms with van der Waals surface area (Å²) in [6.07, 6.45) is 4.29. The summed E-state index contributed by atoms with van der Waals surface area (Å²) in [5.74, 6) is 1.99. The molecule has 1 aliphatic heterocycles. The Labute approximate surface area is 183 Å². The van der Waals surface area contributed by atoms with Crippen molar-refractivity contribution in [2.24, 2.45) is 10.9 Å². The van der Waals surface area contributed by atoms with Gasteiger partial charge in [0.05, 0.1) is 6.61 Å². The molecule has 164 valence electrons. The molecule has 1 saturated heterocycles. The van der Waals surface area contributed by atoms with E-state index in [0.717, 1.165) is 24.6 Å². The van der Waals surface area contributed by atoms with Crippen LogP contribution >= 0.6 is 11.3 Å². The lowest BCUT2D eigenvalue weighted by atomic mass is 9.88. The standard InChI is InChI=1S/C22H33N5O2S/c1-23-22(25-15-17-8-9-20(24-14-17)29-12-11-28-3)26-16-18-6-4-10-27(2)21(18)19-7-5-13-30-19/h5,7-9,13-14,18,21H,4,6,10-12,15-16H2,1-3H3,(H2,23,25,26). The molecule has 0 radical (unpaired) electrons. The van der Waals surface area contributed by atoms with Gasteiger partial charge >= 0.3 is 0 Å². The molecule has 1 aliphatic rings. The molecular formula is C22H33N5O2S. The van der Waals surface area contributed by atoms with Gasteiger partial charge in [-0.3, -0.25) is 9.89 Å². The van der Waals surface area contributed by atoms with Crippen molar-refractivity contribution in [2.45, 2.75) is 25.4 Å². The van der Waals surface area contributed by atoms with Gasteiger partial charge in [0.2, 0.25) is 5.88 Å². The molecule has 8 heteroatoms. The average molecular weight is 432 g/mol. The van der Waals surface area contributed by atoms with Crippen LogP contribution in [-0.4, -0.2) is 63.4 Å². The smallest absolute Gasteiger partial charge is 0.213 e. The van der Waals surface area contributed by atoms with E-state index in [1.54, 1.807) is 7.11 Å². The largest absolute Gasteiger partial charge is 0.475 e. The first-order valence-corrected chi connectivity index (χ1v) is 11.3. The van der Waals surface area contributed by atoms with Crippen molar-refractivity contribution in [2.75, 3.05) is 47.5 Å². The van der Waals surface area contributed by atoms with E-state index in [0.29, 0.717) is 37.6 Å². The number of nitrogens with one attached hydrogen (secondary N) is 2. The van der Waals surface area contributed by atoms with Crippen LogP contribution in [0, 0.1) is 5.92 Å². The van der Waals surface area contributed by atoms with Gasteiger partial charge in [-0.25, -0.2) is 4.98 Å². The van der Waals surface area contributed by atoms with Crippen LogP contribution in [0.25, 0.3) is 0 Å². The lowest BCUT2D eigenvalue weighted by molar-refractivity contribution is 0.125. The number of hydrogen-bond donors (Lipinski definition) is 2. The molecule has 0 saturated carbocycles. The molecule has 2 atom stereocenters. The first kappa shape index (κ1) is 22.5. The highest BCUT2D eigenvalue weighted by Gasteiger charge is 2.31. The van der Waals surface area contributed by atoms with Crippen LogP contribution in [0.2, 0.25) is 0 Å². The number of guanidine groups is 1. The highest BCUT2D eigenvalue weighted by atomic mass is 32.1. The fourth-order valence-corrected chi connectivity index (χ4v) is 4.83. The van der Waals surface area contributed by atoms with Crippen molar-refractivity contribution in [3.8, 4) is 5.88 Å². The Kier molecular flexibility index (Phi) is 8.92. The number of piperidine rings is 1. The van der Waals surface area contributed by atoms with Crippen LogP contribution in [0.3, 0.4) is 0 Å². The van der Waals surface area contributed by atoms with Gasteiger partial charge in [0.1, 0.15) is 6.61 Å². The van der Waals surface area contributed by atoms with Crippen LogP contribution in [0.15, 0.2) is 40.8 Å². The first-order chi connectivity index (χ1) is 14.7. The van der Waals surface area contributed by atoms with Gasteiger partial charge in [-0.15, -0.1) is 11.3 Å². The molecule has 2 N–H and O–H groups in total. The van der Waals surface area contributed by atoms with Gasteiger partial charge in [0, 0.05) is 50.4 Å². The maximum Gasteiger partial charge on any atom is 0.213 e. The number of aromatic nitrogens is 1. The number of aliphatic imine (C=N–C) groups is 1. The SMILES string of the molecule is CN=C(NCc1ccc(OCCOC)nc1)NCC1CCCN(C)C1c1cccs1. The number of hydrogen-bond acceptors (Lipinski definition) is 6. The minimum Gasteiger partial charge on any atom is -0.475 e. The molecule has 1 fully saturated rings. The maximum absolute atomic E-state index is 5.51. The topological polar surface area (TPSA) is 71.0 Å². The Bertz CT molecular complexity index is 766. The van der Waals surface area contributed by atoms with Crippen molar-refractivity contribution < 1.29 is 9.47 Å². The minimum atomic E-state index is 0.471. The number of nitrogens with zero attached hydrogens (tertiary/aromatic N) is 3. The van der Waals surface area contributed by atoms with Crippen molar-refractivity contribution in [3.05, 3.63) is 46.3 Å². The second-order valence-corrected chi connectivity index (χ2v) is 8.48. The summed E-state index contributed by atoms with van der Waals surface area (Å²) < 4.78 is 10.5. The Hall–Kier alpha value is -2.16. The summed E-state index contributed by atoms with van der Waals surface area (Å²) in [6.45, 7) is 3.77. The molecule has 0 bridgehead atoms. The third-order valence-corrected chi connectivity index (χ3v) is 6.34. The first-order valence-electron chi connectivity index (χ1n) is 10.5. The van der Waals surface area contributed by atoms with Gasteiger partial charge < -0.3 is 20.1 Å². The number of thiophene rings is 1. The van der Waals surface area contributed by atoms with E-state index in [-0.39, 0.29) is 0 Å². The third-order valence-electron chi connectivity index (χ3n) is 5.39. The predicted molar refractivity (Wildman–Crippen MR) is 122 cm³/mol. The zero-order valence-corrected chi connectivity index (χ0v) is 19.0. The number of likely N-dealkylation sites (tertiary alicyclic amines) is 1. The highest BCUT2D eigenvalue weighted by molar-refractivity contribution is 7.10. The van der Waals surface area contributed by atoms with Gasteiger partial charge in [0.15, 0.2) is 5.96 Å². The van der Waals surface area contributed by atoms with Gasteiger partial charge in [0.25, 0.3) is 0 Å². The summed E-state index contributed by atoms with van der Waals surface area (Å²) in [4.78, 5) is 12.7. The molecule has 2 aromatic heterocycles. The fourth-order valence-electron chi connectivity index (χ4n) is 3.85. The second-order valence-electron chi connectivity index (χ2n) is 7.50. The van der Waals surface area contributed by atoms with E-state index in [9.17, 15) is 0 Å². The van der Waals surface area contributed by atoms with Gasteiger partial charge in [-0.1, -0.05) is 12.1 Å². The summed E-state index contributed by atoms with van der Waals surface area (Å²) in [7, 11) is 5.70. The minimum absolute atomic E-state index is 0.471. The molecule has 30 heavy (non-hydrogen) atoms. The Morgan fingerprint density at radius 1 is 1.30 bits per heavy atom. The molecule has 2 aromatic rings. The number of ether oxygens (including phenoxy) is 2. The Morgan fingerprint density at radius 2 is 2.20 bits per heavy atom. The zero-order valence-electron chi connectivity index (χ0n) is 18.1. The molecule has 0 aromatic carbocycles. The van der Waals surface area contributed by atoms with Crippen molar-refractivity contribution in [1.82, 2.24) is 20.5 Å².